The lowest BCUT2D eigenvalue weighted by Crippen LogP contribution is -2.60. The molecule has 1 unspecified atom stereocenters. The summed E-state index contributed by atoms with van der Waals surface area (Å²) in [7, 11) is -2.67. The van der Waals surface area contributed by atoms with E-state index in [0.717, 1.165) is 43.4 Å². The fraction of sp³-hybridized carbons (Fsp3) is 0.448. The van der Waals surface area contributed by atoms with E-state index in [1.807, 2.05) is 11.9 Å². The molecule has 14 heteroatoms. The number of alkyl halides is 3. The summed E-state index contributed by atoms with van der Waals surface area (Å²) in [4.78, 5) is 10.3. The first-order valence-corrected chi connectivity index (χ1v) is 15.4. The van der Waals surface area contributed by atoms with Gasteiger partial charge in [-0.1, -0.05) is 18.2 Å². The highest BCUT2D eigenvalue weighted by Crippen LogP contribution is 2.38. The third-order valence-corrected chi connectivity index (χ3v) is 9.73. The van der Waals surface area contributed by atoms with Crippen LogP contribution in [0.1, 0.15) is 36.8 Å². The van der Waals surface area contributed by atoms with E-state index in [9.17, 15) is 21.6 Å². The standard InChI is InChI=1S/C29H32F5N5O3S/c1-38(22-8-13-42-17-22)28(10-6-20-4-2-5-21(14-20)29(32,33)34)9-3-12-39(18-28)23-15-24(30)27(25(31)16-23)43(40,41)37-26-7-11-35-19-36-26/h2,4-5,7,11,14-16,19,22H,3,6,8-10,12-13,17-18H2,1H3,(H,35,36,37)/t22-,28?/m1/s1. The fourth-order valence-electron chi connectivity index (χ4n) is 6.02. The van der Waals surface area contributed by atoms with Gasteiger partial charge in [-0.25, -0.2) is 27.2 Å². The molecule has 3 aromatic rings. The number of halogens is 5. The van der Waals surface area contributed by atoms with Gasteiger partial charge in [0, 0.05) is 43.2 Å². The van der Waals surface area contributed by atoms with E-state index in [1.165, 1.54) is 18.3 Å². The number of benzene rings is 2. The molecule has 0 amide bonds. The van der Waals surface area contributed by atoms with Crippen molar-refractivity contribution in [3.8, 4) is 0 Å². The molecule has 1 aromatic heterocycles. The summed E-state index contributed by atoms with van der Waals surface area (Å²) in [5.74, 6) is -2.65. The smallest absolute Gasteiger partial charge is 0.380 e. The van der Waals surface area contributed by atoms with Crippen LogP contribution in [0.2, 0.25) is 0 Å². The number of nitrogens with zero attached hydrogens (tertiary/aromatic N) is 4. The van der Waals surface area contributed by atoms with Gasteiger partial charge in [0.05, 0.1) is 12.2 Å². The van der Waals surface area contributed by atoms with Crippen LogP contribution in [-0.4, -0.2) is 68.2 Å². The predicted octanol–water partition coefficient (Wildman–Crippen LogP) is 5.27. The molecule has 3 heterocycles. The first-order chi connectivity index (χ1) is 20.4. The molecule has 2 saturated heterocycles. The summed E-state index contributed by atoms with van der Waals surface area (Å²) in [5.41, 5.74) is -0.533. The number of anilines is 2. The van der Waals surface area contributed by atoms with Gasteiger partial charge in [0.1, 0.15) is 23.8 Å². The number of rotatable bonds is 9. The maximum Gasteiger partial charge on any atom is 0.416 e. The average Bonchev–Trinajstić information content (AvgIpc) is 3.50. The Hall–Kier alpha value is -3.36. The highest BCUT2D eigenvalue weighted by molar-refractivity contribution is 7.92. The Labute approximate surface area is 246 Å². The Morgan fingerprint density at radius 1 is 1.16 bits per heavy atom. The van der Waals surface area contributed by atoms with Crippen LogP contribution in [0.4, 0.5) is 33.5 Å². The average molecular weight is 626 g/mol. The molecule has 0 radical (unpaired) electrons. The number of hydrogen-bond donors (Lipinski definition) is 1. The predicted molar refractivity (Wildman–Crippen MR) is 150 cm³/mol. The van der Waals surface area contributed by atoms with Crippen LogP contribution in [-0.2, 0) is 27.4 Å². The largest absolute Gasteiger partial charge is 0.416 e. The third-order valence-electron chi connectivity index (χ3n) is 8.33. The maximum atomic E-state index is 15.3. The van der Waals surface area contributed by atoms with Crippen molar-refractivity contribution in [1.29, 1.82) is 0 Å². The van der Waals surface area contributed by atoms with Crippen LogP contribution >= 0.6 is 0 Å². The zero-order valence-electron chi connectivity index (χ0n) is 23.4. The Kier molecular flexibility index (Phi) is 8.91. The second-order valence-corrected chi connectivity index (χ2v) is 12.6. The highest BCUT2D eigenvalue weighted by atomic mass is 32.2. The molecule has 0 saturated carbocycles. The summed E-state index contributed by atoms with van der Waals surface area (Å²) in [6.07, 6.45) is 0.947. The molecule has 2 atom stereocenters. The molecule has 232 valence electrons. The Bertz CT molecular complexity index is 1510. The first kappa shape index (κ1) is 31.1. The maximum absolute atomic E-state index is 15.3. The van der Waals surface area contributed by atoms with Crippen molar-refractivity contribution in [2.75, 3.05) is 43.0 Å². The van der Waals surface area contributed by atoms with Gasteiger partial charge in [0.25, 0.3) is 10.0 Å². The van der Waals surface area contributed by atoms with Gasteiger partial charge in [0.15, 0.2) is 4.90 Å². The minimum atomic E-state index is -4.63. The van der Waals surface area contributed by atoms with Crippen LogP contribution in [0, 0.1) is 11.6 Å². The van der Waals surface area contributed by atoms with Crippen LogP contribution in [0.3, 0.4) is 0 Å². The monoisotopic (exact) mass is 625 g/mol. The lowest BCUT2D eigenvalue weighted by atomic mass is 9.80. The Balaban J connectivity index is 1.42. The van der Waals surface area contributed by atoms with Crippen molar-refractivity contribution in [2.45, 2.75) is 54.8 Å². The fourth-order valence-corrected chi connectivity index (χ4v) is 7.15. The molecule has 2 aliphatic heterocycles. The normalized spacial score (nSPS) is 21.4. The third kappa shape index (κ3) is 6.91. The van der Waals surface area contributed by atoms with Gasteiger partial charge in [-0.05, 0) is 69.0 Å². The summed E-state index contributed by atoms with van der Waals surface area (Å²) in [6.45, 7) is 1.91. The van der Waals surface area contributed by atoms with Crippen LogP contribution in [0.15, 0.2) is 59.9 Å². The lowest BCUT2D eigenvalue weighted by Gasteiger charge is -2.51. The SMILES string of the molecule is CN([C@@H]1CCOC1)C1(CCc2cccc(C(F)(F)F)c2)CCCN(c2cc(F)c(S(=O)(=O)Nc3ccncn3)c(F)c2)C1. The number of aromatic nitrogens is 2. The van der Waals surface area contributed by atoms with Crippen molar-refractivity contribution in [3.05, 3.63) is 77.8 Å². The number of aryl methyl sites for hydroxylation is 1. The summed E-state index contributed by atoms with van der Waals surface area (Å²) >= 11 is 0. The van der Waals surface area contributed by atoms with Gasteiger partial charge < -0.3 is 9.64 Å². The molecule has 0 bridgehead atoms. The lowest BCUT2D eigenvalue weighted by molar-refractivity contribution is -0.137. The molecule has 5 rings (SSSR count). The van der Waals surface area contributed by atoms with E-state index in [0.29, 0.717) is 51.1 Å². The van der Waals surface area contributed by atoms with Crippen molar-refractivity contribution in [1.82, 2.24) is 14.9 Å². The van der Waals surface area contributed by atoms with Crippen molar-refractivity contribution in [3.63, 3.8) is 0 Å². The number of hydrogen-bond acceptors (Lipinski definition) is 7. The van der Waals surface area contributed by atoms with Gasteiger partial charge in [-0.3, -0.25) is 9.62 Å². The van der Waals surface area contributed by atoms with Crippen molar-refractivity contribution < 1.29 is 35.1 Å². The van der Waals surface area contributed by atoms with E-state index >= 15 is 8.78 Å². The molecule has 0 aliphatic carbocycles. The van der Waals surface area contributed by atoms with Gasteiger partial charge in [-0.2, -0.15) is 13.2 Å². The minimum absolute atomic E-state index is 0.0790. The number of ether oxygens (including phenoxy) is 1. The van der Waals surface area contributed by atoms with E-state index in [2.05, 4.69) is 19.6 Å². The van der Waals surface area contributed by atoms with E-state index in [1.54, 1.807) is 6.07 Å². The zero-order chi connectivity index (χ0) is 30.8. The van der Waals surface area contributed by atoms with Gasteiger partial charge >= 0.3 is 6.18 Å². The highest BCUT2D eigenvalue weighted by Gasteiger charge is 2.43. The molecule has 2 fully saturated rings. The summed E-state index contributed by atoms with van der Waals surface area (Å²) in [6, 6.07) is 8.59. The Morgan fingerprint density at radius 3 is 2.58 bits per heavy atom. The molecule has 2 aromatic carbocycles. The zero-order valence-corrected chi connectivity index (χ0v) is 24.3. The molecular formula is C29H32F5N5O3S. The summed E-state index contributed by atoms with van der Waals surface area (Å²) in [5, 5.41) is 0. The molecule has 43 heavy (non-hydrogen) atoms. The van der Waals surface area contributed by atoms with Crippen molar-refractivity contribution >= 4 is 21.5 Å². The molecule has 1 N–H and O–H groups in total. The quantitative estimate of drug-likeness (QED) is 0.325. The molecule has 8 nitrogen and oxygen atoms in total. The number of sulfonamides is 1. The van der Waals surface area contributed by atoms with Crippen LogP contribution in [0.25, 0.3) is 0 Å². The van der Waals surface area contributed by atoms with Gasteiger partial charge in [0.2, 0.25) is 0 Å². The molecule has 0 spiro atoms. The van der Waals surface area contributed by atoms with Crippen LogP contribution < -0.4 is 9.62 Å². The number of nitrogens with one attached hydrogen (secondary N) is 1. The second kappa shape index (κ2) is 12.3. The van der Waals surface area contributed by atoms with Crippen LogP contribution in [0.5, 0.6) is 0 Å². The van der Waals surface area contributed by atoms with E-state index < -0.39 is 43.8 Å². The van der Waals surface area contributed by atoms with E-state index in [-0.39, 0.29) is 17.5 Å². The topological polar surface area (TPSA) is 87.7 Å². The second-order valence-electron chi connectivity index (χ2n) is 11.0. The van der Waals surface area contributed by atoms with E-state index in [4.69, 9.17) is 4.74 Å². The number of likely N-dealkylation sites (N-methyl/N-ethyl adjacent to an activating group) is 1. The molecular weight excluding hydrogens is 593 g/mol. The minimum Gasteiger partial charge on any atom is -0.380 e. The Morgan fingerprint density at radius 2 is 1.93 bits per heavy atom. The molecule has 2 aliphatic rings. The van der Waals surface area contributed by atoms with Gasteiger partial charge in [-0.15, -0.1) is 0 Å². The summed E-state index contributed by atoms with van der Waals surface area (Å²) < 4.78 is 104. The van der Waals surface area contributed by atoms with Crippen molar-refractivity contribution in [2.24, 2.45) is 0 Å². The first-order valence-electron chi connectivity index (χ1n) is 13.9. The number of piperidine rings is 1.